The number of rotatable bonds is 6. The van der Waals surface area contributed by atoms with Crippen molar-refractivity contribution < 1.29 is 9.53 Å². The average molecular weight is 402 g/mol. The normalized spacial score (nSPS) is 15.7. The molecule has 26 heavy (non-hydrogen) atoms. The van der Waals surface area contributed by atoms with Crippen LogP contribution in [0.25, 0.3) is 0 Å². The fraction of sp³-hybridized carbons (Fsp3) is 0.588. The summed E-state index contributed by atoms with van der Waals surface area (Å²) >= 11 is 11.9. The highest BCUT2D eigenvalue weighted by atomic mass is 35.5. The molecule has 0 aromatic carbocycles. The minimum Gasteiger partial charge on any atom is -0.466 e. The highest BCUT2D eigenvalue weighted by molar-refractivity contribution is 6.35. The summed E-state index contributed by atoms with van der Waals surface area (Å²) in [5.41, 5.74) is 0. The van der Waals surface area contributed by atoms with Crippen LogP contribution in [0.1, 0.15) is 19.8 Å². The average Bonchev–Trinajstić information content (AvgIpc) is 2.64. The minimum atomic E-state index is -0.0911. The van der Waals surface area contributed by atoms with E-state index in [1.807, 2.05) is 6.92 Å². The zero-order valence-corrected chi connectivity index (χ0v) is 16.6. The number of esters is 1. The maximum absolute atomic E-state index is 11.8. The highest BCUT2D eigenvalue weighted by Crippen LogP contribution is 2.22. The van der Waals surface area contributed by atoms with Crippen LogP contribution in [0.4, 0.5) is 5.82 Å². The number of carbonyl (C=O) groups is 1. The number of hydrogen-bond acceptors (Lipinski definition) is 5. The third-order valence-electron chi connectivity index (χ3n) is 4.13. The number of halogens is 2. The van der Waals surface area contributed by atoms with Gasteiger partial charge < -0.3 is 20.3 Å². The molecule has 0 atom stereocenters. The van der Waals surface area contributed by atoms with E-state index >= 15 is 0 Å². The summed E-state index contributed by atoms with van der Waals surface area (Å²) in [7, 11) is 1.75. The van der Waals surface area contributed by atoms with Crippen LogP contribution in [-0.4, -0.2) is 61.6 Å². The van der Waals surface area contributed by atoms with Crippen LogP contribution in [0.2, 0.25) is 10.0 Å². The molecule has 7 nitrogen and oxygen atoms in total. The molecule has 1 saturated heterocycles. The van der Waals surface area contributed by atoms with Crippen molar-refractivity contribution in [1.82, 2.24) is 15.2 Å². The van der Waals surface area contributed by atoms with Crippen LogP contribution < -0.4 is 10.6 Å². The van der Waals surface area contributed by atoms with E-state index in [9.17, 15) is 4.79 Å². The molecule has 2 N–H and O–H groups in total. The SMILES string of the molecule is CCOC(=O)C1CCN(C(=NC)NCCNc2ncc(Cl)cc2Cl)CC1. The van der Waals surface area contributed by atoms with Gasteiger partial charge in [-0.2, -0.15) is 0 Å². The Labute approximate surface area is 164 Å². The van der Waals surface area contributed by atoms with Gasteiger partial charge in [0.05, 0.1) is 22.6 Å². The Kier molecular flexibility index (Phi) is 8.25. The molecule has 0 amide bonds. The van der Waals surface area contributed by atoms with Crippen molar-refractivity contribution in [3.05, 3.63) is 22.3 Å². The monoisotopic (exact) mass is 401 g/mol. The third kappa shape index (κ3) is 5.92. The van der Waals surface area contributed by atoms with Gasteiger partial charge in [-0.25, -0.2) is 4.98 Å². The number of ether oxygens (including phenoxy) is 1. The van der Waals surface area contributed by atoms with E-state index in [4.69, 9.17) is 27.9 Å². The minimum absolute atomic E-state index is 0.0101. The summed E-state index contributed by atoms with van der Waals surface area (Å²) in [6.45, 7) is 5.11. The smallest absolute Gasteiger partial charge is 0.309 e. The Hall–Kier alpha value is -1.73. The van der Waals surface area contributed by atoms with Crippen molar-refractivity contribution in [3.63, 3.8) is 0 Å². The lowest BCUT2D eigenvalue weighted by molar-refractivity contribution is -0.149. The number of nitrogens with zero attached hydrogens (tertiary/aromatic N) is 3. The maximum Gasteiger partial charge on any atom is 0.309 e. The standard InChI is InChI=1S/C17H25Cl2N5O2/c1-3-26-16(25)12-4-8-24(9-5-12)17(20-2)22-7-6-21-15-14(19)10-13(18)11-23-15/h10-12H,3-9H2,1-2H3,(H,20,22)(H,21,23). The summed E-state index contributed by atoms with van der Waals surface area (Å²) in [6, 6.07) is 1.65. The first-order valence-electron chi connectivity index (χ1n) is 8.72. The molecule has 0 unspecified atom stereocenters. The Bertz CT molecular complexity index is 634. The van der Waals surface area contributed by atoms with Gasteiger partial charge in [0.15, 0.2) is 5.96 Å². The van der Waals surface area contributed by atoms with E-state index in [0.717, 1.165) is 31.9 Å². The lowest BCUT2D eigenvalue weighted by atomic mass is 9.97. The molecule has 0 radical (unpaired) electrons. The zero-order chi connectivity index (χ0) is 18.9. The molecular formula is C17H25Cl2N5O2. The second-order valence-corrected chi connectivity index (χ2v) is 6.74. The molecule has 2 heterocycles. The van der Waals surface area contributed by atoms with Gasteiger partial charge >= 0.3 is 5.97 Å². The molecule has 1 aliphatic heterocycles. The van der Waals surface area contributed by atoms with E-state index in [1.54, 1.807) is 19.3 Å². The number of piperidine rings is 1. The van der Waals surface area contributed by atoms with E-state index in [-0.39, 0.29) is 11.9 Å². The number of nitrogens with one attached hydrogen (secondary N) is 2. The summed E-state index contributed by atoms with van der Waals surface area (Å²) in [6.07, 6.45) is 3.11. The number of likely N-dealkylation sites (tertiary alicyclic amines) is 1. The first-order chi connectivity index (χ1) is 12.5. The van der Waals surface area contributed by atoms with Crippen LogP contribution in [0.5, 0.6) is 0 Å². The lowest BCUT2D eigenvalue weighted by Gasteiger charge is -2.33. The van der Waals surface area contributed by atoms with Crippen molar-refractivity contribution in [1.29, 1.82) is 0 Å². The summed E-state index contributed by atoms with van der Waals surface area (Å²) in [5.74, 6) is 1.32. The second kappa shape index (κ2) is 10.4. The van der Waals surface area contributed by atoms with Gasteiger partial charge in [-0.05, 0) is 25.8 Å². The number of aromatic nitrogens is 1. The fourth-order valence-electron chi connectivity index (χ4n) is 2.82. The Balaban J connectivity index is 1.74. The quantitative estimate of drug-likeness (QED) is 0.330. The zero-order valence-electron chi connectivity index (χ0n) is 15.1. The highest BCUT2D eigenvalue weighted by Gasteiger charge is 2.27. The Morgan fingerprint density at radius 1 is 1.38 bits per heavy atom. The Morgan fingerprint density at radius 3 is 2.73 bits per heavy atom. The first-order valence-corrected chi connectivity index (χ1v) is 9.47. The lowest BCUT2D eigenvalue weighted by Crippen LogP contribution is -2.47. The molecule has 0 saturated carbocycles. The molecule has 0 spiro atoms. The number of anilines is 1. The number of guanidine groups is 1. The molecule has 9 heteroatoms. The van der Waals surface area contributed by atoms with Crippen molar-refractivity contribution >= 4 is 40.9 Å². The van der Waals surface area contributed by atoms with E-state index in [1.165, 1.54) is 0 Å². The van der Waals surface area contributed by atoms with Crippen LogP contribution in [0, 0.1) is 5.92 Å². The molecule has 1 aromatic heterocycles. The van der Waals surface area contributed by atoms with Crippen LogP contribution in [-0.2, 0) is 9.53 Å². The van der Waals surface area contributed by atoms with Gasteiger partial charge in [0.2, 0.25) is 0 Å². The number of aliphatic imine (C=N–C) groups is 1. The van der Waals surface area contributed by atoms with Gasteiger partial charge in [0, 0.05) is 39.4 Å². The van der Waals surface area contributed by atoms with Gasteiger partial charge in [0.1, 0.15) is 5.82 Å². The van der Waals surface area contributed by atoms with Gasteiger partial charge in [-0.15, -0.1) is 0 Å². The Morgan fingerprint density at radius 2 is 2.12 bits per heavy atom. The van der Waals surface area contributed by atoms with Crippen molar-refractivity contribution in [2.75, 3.05) is 45.2 Å². The van der Waals surface area contributed by atoms with E-state index in [0.29, 0.717) is 35.6 Å². The van der Waals surface area contributed by atoms with Gasteiger partial charge in [-0.1, -0.05) is 23.2 Å². The number of carbonyl (C=O) groups excluding carboxylic acids is 1. The fourth-order valence-corrected chi connectivity index (χ4v) is 3.27. The topological polar surface area (TPSA) is 78.8 Å². The largest absolute Gasteiger partial charge is 0.466 e. The van der Waals surface area contributed by atoms with Crippen LogP contribution in [0.15, 0.2) is 17.3 Å². The molecule has 1 aromatic rings. The molecule has 0 aliphatic carbocycles. The van der Waals surface area contributed by atoms with Crippen LogP contribution >= 0.6 is 23.2 Å². The molecular weight excluding hydrogens is 377 g/mol. The first kappa shape index (κ1) is 20.6. The second-order valence-electron chi connectivity index (χ2n) is 5.90. The van der Waals surface area contributed by atoms with Crippen molar-refractivity contribution in [2.45, 2.75) is 19.8 Å². The molecule has 0 bridgehead atoms. The summed E-state index contributed by atoms with van der Waals surface area (Å²) in [4.78, 5) is 22.5. The van der Waals surface area contributed by atoms with E-state index in [2.05, 4.69) is 25.5 Å². The van der Waals surface area contributed by atoms with Crippen LogP contribution in [0.3, 0.4) is 0 Å². The predicted octanol–water partition coefficient (Wildman–Crippen LogP) is 2.65. The summed E-state index contributed by atoms with van der Waals surface area (Å²) < 4.78 is 5.11. The van der Waals surface area contributed by atoms with Crippen molar-refractivity contribution in [2.24, 2.45) is 10.9 Å². The van der Waals surface area contributed by atoms with E-state index < -0.39 is 0 Å². The predicted molar refractivity (Wildman–Crippen MR) is 105 cm³/mol. The molecule has 1 aliphatic rings. The third-order valence-corrected chi connectivity index (χ3v) is 4.63. The number of hydrogen-bond donors (Lipinski definition) is 2. The van der Waals surface area contributed by atoms with Crippen molar-refractivity contribution in [3.8, 4) is 0 Å². The molecule has 2 rings (SSSR count). The molecule has 144 valence electrons. The summed E-state index contributed by atoms with van der Waals surface area (Å²) in [5, 5.41) is 7.46. The molecule has 1 fully saturated rings. The van der Waals surface area contributed by atoms with Gasteiger partial charge in [0.25, 0.3) is 0 Å². The number of pyridine rings is 1. The van der Waals surface area contributed by atoms with Gasteiger partial charge in [-0.3, -0.25) is 9.79 Å². The maximum atomic E-state index is 11.8.